The Morgan fingerprint density at radius 2 is 2.13 bits per heavy atom. The second-order valence-electron chi connectivity index (χ2n) is 3.46. The van der Waals surface area contributed by atoms with Gasteiger partial charge in [-0.15, -0.1) is 0 Å². The van der Waals surface area contributed by atoms with Crippen LogP contribution in [0.5, 0.6) is 0 Å². The van der Waals surface area contributed by atoms with Crippen LogP contribution in [0.4, 0.5) is 6.01 Å². The number of halogens is 1. The minimum atomic E-state index is -0.451. The van der Waals surface area contributed by atoms with Gasteiger partial charge in [-0.1, -0.05) is 34.7 Å². The van der Waals surface area contributed by atoms with Gasteiger partial charge in [0.15, 0.2) is 0 Å². The number of fused-ring (bicyclic) bond motifs is 1. The van der Waals surface area contributed by atoms with Crippen LogP contribution in [-0.4, -0.2) is 8.41 Å². The van der Waals surface area contributed by atoms with E-state index in [2.05, 4.69) is 27.6 Å². The predicted octanol–water partition coefficient (Wildman–Crippen LogP) is 1.85. The topological polar surface area (TPSA) is 69.1 Å². The van der Waals surface area contributed by atoms with Gasteiger partial charge in [0.05, 0.1) is 14.7 Å². The summed E-state index contributed by atoms with van der Waals surface area (Å²) in [5.41, 5.74) is 5.91. The van der Waals surface area contributed by atoms with E-state index in [-0.39, 0.29) is 9.44 Å². The summed E-state index contributed by atoms with van der Waals surface area (Å²) in [7, 11) is 0. The van der Waals surface area contributed by atoms with Crippen LogP contribution in [0.3, 0.4) is 0 Å². The lowest BCUT2D eigenvalue weighted by molar-refractivity contribution is 0.511. The molecule has 1 unspecified atom stereocenters. The third-order valence-corrected chi connectivity index (χ3v) is 2.79. The summed E-state index contributed by atoms with van der Waals surface area (Å²) >= 11 is 2.27. The third-order valence-electron chi connectivity index (χ3n) is 2.07. The van der Waals surface area contributed by atoms with E-state index in [4.69, 9.17) is 10.2 Å². The molecule has 5 heteroatoms. The lowest BCUT2D eigenvalue weighted by atomic mass is 10.1. The van der Waals surface area contributed by atoms with Crippen molar-refractivity contribution < 1.29 is 4.42 Å². The van der Waals surface area contributed by atoms with Gasteiger partial charge in [-0.3, -0.25) is 0 Å². The zero-order valence-corrected chi connectivity index (χ0v) is 10.2. The maximum absolute atomic E-state index is 11.5. The summed E-state index contributed by atoms with van der Waals surface area (Å²) in [6.07, 6.45) is 7.39. The molecule has 1 aromatic heterocycles. The van der Waals surface area contributed by atoms with Gasteiger partial charge in [-0.2, -0.15) is 4.98 Å². The van der Waals surface area contributed by atoms with Gasteiger partial charge in [0.2, 0.25) is 0 Å². The van der Waals surface area contributed by atoms with Crippen LogP contribution in [0.1, 0.15) is 18.2 Å². The quantitative estimate of drug-likeness (QED) is 0.586. The van der Waals surface area contributed by atoms with E-state index in [1.165, 1.54) is 0 Å². The zero-order valence-electron chi connectivity index (χ0n) is 8.03. The van der Waals surface area contributed by atoms with Crippen molar-refractivity contribution >= 4 is 40.8 Å². The van der Waals surface area contributed by atoms with Crippen molar-refractivity contribution in [1.29, 1.82) is 0 Å². The molecule has 4 nitrogen and oxygen atoms in total. The van der Waals surface area contributed by atoms with Crippen LogP contribution in [0.2, 0.25) is 0 Å². The first kappa shape index (κ1) is 10.4. The van der Waals surface area contributed by atoms with Crippen LogP contribution in [-0.2, 0) is 0 Å². The smallest absolute Gasteiger partial charge is 0.348 e. The van der Waals surface area contributed by atoms with Crippen LogP contribution in [0.15, 0.2) is 21.4 Å². The molecule has 1 aliphatic carbocycles. The molecule has 0 aliphatic heterocycles. The number of anilines is 1. The van der Waals surface area contributed by atoms with Crippen molar-refractivity contribution in [2.75, 3.05) is 5.73 Å². The van der Waals surface area contributed by atoms with Gasteiger partial charge in [0.1, 0.15) is 0 Å². The number of alkyl halides is 1. The number of rotatable bonds is 0. The molecular weight excluding hydrogens is 307 g/mol. The fourth-order valence-corrected chi connectivity index (χ4v) is 1.64. The van der Waals surface area contributed by atoms with Crippen molar-refractivity contribution in [2.45, 2.75) is 10.3 Å². The highest BCUT2D eigenvalue weighted by molar-refractivity contribution is 14.1. The summed E-state index contributed by atoms with van der Waals surface area (Å²) in [6.45, 7) is 2.03. The van der Waals surface area contributed by atoms with Gasteiger partial charge in [0.25, 0.3) is 6.01 Å². The number of hydrogen-bond acceptors (Lipinski definition) is 4. The SMILES string of the molecule is CC1(I)C=Cc2nc(N)oc(=O)c2C=C1. The van der Waals surface area contributed by atoms with Crippen molar-refractivity contribution in [3.8, 4) is 0 Å². The Morgan fingerprint density at radius 1 is 1.47 bits per heavy atom. The average molecular weight is 316 g/mol. The molecule has 0 saturated heterocycles. The summed E-state index contributed by atoms with van der Waals surface area (Å²) in [6, 6.07) is -0.103. The monoisotopic (exact) mass is 316 g/mol. The first-order chi connectivity index (χ1) is 6.98. The molecule has 1 heterocycles. The number of nitrogens with zero attached hydrogens (tertiary/aromatic N) is 1. The summed E-state index contributed by atoms with van der Waals surface area (Å²) in [4.78, 5) is 15.4. The summed E-state index contributed by atoms with van der Waals surface area (Å²) in [5.74, 6) is 0. The maximum atomic E-state index is 11.5. The van der Waals surface area contributed by atoms with Crippen molar-refractivity contribution in [3.05, 3.63) is 33.8 Å². The van der Waals surface area contributed by atoms with E-state index in [0.717, 1.165) is 0 Å². The highest BCUT2D eigenvalue weighted by atomic mass is 127. The standard InChI is InChI=1S/C10H9IN2O2/c1-10(11)4-2-6-7(3-5-10)13-9(12)15-8(6)14/h2-5H,1H3,(H2,12,13). The molecule has 0 radical (unpaired) electrons. The normalized spacial score (nSPS) is 23.6. The van der Waals surface area contributed by atoms with Crippen LogP contribution in [0, 0.1) is 0 Å². The molecule has 0 saturated carbocycles. The summed E-state index contributed by atoms with van der Waals surface area (Å²) < 4.78 is 4.60. The summed E-state index contributed by atoms with van der Waals surface area (Å²) in [5, 5.41) is 0. The molecule has 0 amide bonds. The molecule has 1 aliphatic rings. The number of nitrogen functional groups attached to an aromatic ring is 1. The third kappa shape index (κ3) is 2.11. The Morgan fingerprint density at radius 3 is 2.87 bits per heavy atom. The Kier molecular flexibility index (Phi) is 2.41. The molecular formula is C10H9IN2O2. The van der Waals surface area contributed by atoms with Gasteiger partial charge in [-0.25, -0.2) is 4.79 Å². The Hall–Kier alpha value is -1.11. The van der Waals surface area contributed by atoms with E-state index in [9.17, 15) is 4.79 Å². The van der Waals surface area contributed by atoms with E-state index in [1.807, 2.05) is 19.1 Å². The Bertz CT molecular complexity index is 515. The number of allylic oxidation sites excluding steroid dienone is 2. The molecule has 0 fully saturated rings. The Balaban J connectivity index is 2.68. The Labute approximate surface area is 100 Å². The molecule has 1 atom stereocenters. The molecule has 2 N–H and O–H groups in total. The van der Waals surface area contributed by atoms with Crippen molar-refractivity contribution in [3.63, 3.8) is 0 Å². The van der Waals surface area contributed by atoms with E-state index in [0.29, 0.717) is 11.3 Å². The van der Waals surface area contributed by atoms with Crippen LogP contribution < -0.4 is 11.4 Å². The van der Waals surface area contributed by atoms with Gasteiger partial charge >= 0.3 is 5.63 Å². The molecule has 78 valence electrons. The first-order valence-electron chi connectivity index (χ1n) is 4.36. The number of hydrogen-bond donors (Lipinski definition) is 1. The minimum absolute atomic E-state index is 0.103. The fourth-order valence-electron chi connectivity index (χ4n) is 1.28. The van der Waals surface area contributed by atoms with Gasteiger partial charge in [-0.05, 0) is 19.1 Å². The second-order valence-corrected chi connectivity index (χ2v) is 5.78. The first-order valence-corrected chi connectivity index (χ1v) is 5.44. The van der Waals surface area contributed by atoms with Crippen LogP contribution in [0.25, 0.3) is 12.2 Å². The molecule has 1 aromatic rings. The van der Waals surface area contributed by atoms with Gasteiger partial charge < -0.3 is 10.2 Å². The lowest BCUT2D eigenvalue weighted by Gasteiger charge is -2.09. The highest BCUT2D eigenvalue weighted by Gasteiger charge is 2.17. The largest absolute Gasteiger partial charge is 0.389 e. The lowest BCUT2D eigenvalue weighted by Crippen LogP contribution is -2.09. The van der Waals surface area contributed by atoms with Crippen molar-refractivity contribution in [2.24, 2.45) is 0 Å². The highest BCUT2D eigenvalue weighted by Crippen LogP contribution is 2.27. The molecule has 0 spiro atoms. The molecule has 0 bridgehead atoms. The van der Waals surface area contributed by atoms with Gasteiger partial charge in [0, 0.05) is 0 Å². The average Bonchev–Trinajstić information content (AvgIpc) is 2.26. The fraction of sp³-hybridized carbons (Fsp3) is 0.200. The second kappa shape index (κ2) is 3.48. The van der Waals surface area contributed by atoms with Crippen molar-refractivity contribution in [1.82, 2.24) is 4.98 Å². The molecule has 15 heavy (non-hydrogen) atoms. The van der Waals surface area contributed by atoms with E-state index >= 15 is 0 Å². The van der Waals surface area contributed by atoms with E-state index < -0.39 is 5.63 Å². The predicted molar refractivity (Wildman–Crippen MR) is 67.7 cm³/mol. The number of aromatic nitrogens is 1. The molecule has 2 rings (SSSR count). The number of nitrogens with two attached hydrogens (primary N) is 1. The zero-order chi connectivity index (χ0) is 11.1. The minimum Gasteiger partial charge on any atom is -0.389 e. The molecule has 0 aromatic carbocycles. The van der Waals surface area contributed by atoms with Crippen LogP contribution >= 0.6 is 22.6 Å². The maximum Gasteiger partial charge on any atom is 0.348 e. The van der Waals surface area contributed by atoms with E-state index in [1.54, 1.807) is 12.2 Å².